The van der Waals surface area contributed by atoms with Gasteiger partial charge >= 0.3 is 0 Å². The molecule has 18 heavy (non-hydrogen) atoms. The molecule has 0 aliphatic carbocycles. The molecular weight excluding hydrogens is 226 g/mol. The first-order valence-corrected chi connectivity index (χ1v) is 6.52. The monoisotopic (exact) mass is 249 g/mol. The number of carbonyl (C=O) groups is 1. The van der Waals surface area contributed by atoms with Crippen molar-refractivity contribution in [2.75, 3.05) is 23.8 Å². The average Bonchev–Trinajstić information content (AvgIpc) is 2.36. The summed E-state index contributed by atoms with van der Waals surface area (Å²) in [5, 5.41) is 2.83. The van der Waals surface area contributed by atoms with Crippen LogP contribution in [-0.2, 0) is 4.79 Å². The molecule has 0 aliphatic rings. The van der Waals surface area contributed by atoms with E-state index in [1.54, 1.807) is 6.20 Å². The molecule has 0 saturated heterocycles. The minimum atomic E-state index is -0.0168. The molecule has 100 valence electrons. The Hall–Kier alpha value is -1.58. The molecule has 1 aromatic heterocycles. The SMILES string of the molecule is CCCCN(C)c1ccc(NC(=O)C(C)C)cn1. The number of pyridine rings is 1. The number of nitrogens with zero attached hydrogens (tertiary/aromatic N) is 2. The Morgan fingerprint density at radius 2 is 2.17 bits per heavy atom. The third-order valence-electron chi connectivity index (χ3n) is 2.78. The van der Waals surface area contributed by atoms with Crippen molar-refractivity contribution in [3.05, 3.63) is 18.3 Å². The molecule has 1 heterocycles. The molecule has 0 saturated carbocycles. The van der Waals surface area contributed by atoms with E-state index in [-0.39, 0.29) is 11.8 Å². The lowest BCUT2D eigenvalue weighted by atomic mass is 10.2. The van der Waals surface area contributed by atoms with Gasteiger partial charge in [0.15, 0.2) is 0 Å². The zero-order valence-corrected chi connectivity index (χ0v) is 11.7. The molecule has 1 amide bonds. The van der Waals surface area contributed by atoms with Gasteiger partial charge in [-0.1, -0.05) is 27.2 Å². The highest BCUT2D eigenvalue weighted by molar-refractivity contribution is 5.91. The van der Waals surface area contributed by atoms with E-state index in [0.29, 0.717) is 0 Å². The van der Waals surface area contributed by atoms with Crippen LogP contribution in [-0.4, -0.2) is 24.5 Å². The van der Waals surface area contributed by atoms with Crippen molar-refractivity contribution in [2.45, 2.75) is 33.6 Å². The zero-order chi connectivity index (χ0) is 13.5. The second kappa shape index (κ2) is 6.99. The van der Waals surface area contributed by atoms with Crippen LogP contribution in [0, 0.1) is 5.92 Å². The van der Waals surface area contributed by atoms with Crippen molar-refractivity contribution in [1.29, 1.82) is 0 Å². The van der Waals surface area contributed by atoms with E-state index in [1.165, 1.54) is 6.42 Å². The van der Waals surface area contributed by atoms with Gasteiger partial charge in [0.1, 0.15) is 5.82 Å². The fourth-order valence-electron chi connectivity index (χ4n) is 1.48. The van der Waals surface area contributed by atoms with Crippen LogP contribution in [0.4, 0.5) is 11.5 Å². The molecule has 4 nitrogen and oxygen atoms in total. The van der Waals surface area contributed by atoms with Gasteiger partial charge in [0, 0.05) is 19.5 Å². The van der Waals surface area contributed by atoms with Crippen LogP contribution in [0.3, 0.4) is 0 Å². The highest BCUT2D eigenvalue weighted by Crippen LogP contribution is 2.14. The van der Waals surface area contributed by atoms with Crippen LogP contribution in [0.25, 0.3) is 0 Å². The first-order chi connectivity index (χ1) is 8.54. The van der Waals surface area contributed by atoms with Crippen molar-refractivity contribution in [1.82, 2.24) is 4.98 Å². The fourth-order valence-corrected chi connectivity index (χ4v) is 1.48. The minimum absolute atomic E-state index is 0.0168. The summed E-state index contributed by atoms with van der Waals surface area (Å²) in [5.74, 6) is 0.937. The zero-order valence-electron chi connectivity index (χ0n) is 11.7. The van der Waals surface area contributed by atoms with Crippen LogP contribution in [0.2, 0.25) is 0 Å². The molecular formula is C14H23N3O. The second-order valence-corrected chi connectivity index (χ2v) is 4.82. The van der Waals surface area contributed by atoms with Crippen LogP contribution in [0.5, 0.6) is 0 Å². The molecule has 0 aromatic carbocycles. The number of carbonyl (C=O) groups excluding carboxylic acids is 1. The lowest BCUT2D eigenvalue weighted by molar-refractivity contribution is -0.118. The minimum Gasteiger partial charge on any atom is -0.360 e. The maximum absolute atomic E-state index is 11.5. The molecule has 1 aromatic rings. The third-order valence-corrected chi connectivity index (χ3v) is 2.78. The Labute approximate surface area is 109 Å². The summed E-state index contributed by atoms with van der Waals surface area (Å²) in [6, 6.07) is 3.83. The van der Waals surface area contributed by atoms with Gasteiger partial charge < -0.3 is 10.2 Å². The molecule has 4 heteroatoms. The van der Waals surface area contributed by atoms with Crippen molar-refractivity contribution in [3.8, 4) is 0 Å². The van der Waals surface area contributed by atoms with Crippen LogP contribution in [0.1, 0.15) is 33.6 Å². The van der Waals surface area contributed by atoms with E-state index < -0.39 is 0 Å². The number of aromatic nitrogens is 1. The van der Waals surface area contributed by atoms with Gasteiger partial charge in [-0.05, 0) is 18.6 Å². The standard InChI is InChI=1S/C14H23N3O/c1-5-6-9-17(4)13-8-7-12(10-15-13)16-14(18)11(2)3/h7-8,10-11H,5-6,9H2,1-4H3,(H,16,18). The van der Waals surface area contributed by atoms with Gasteiger partial charge in [-0.15, -0.1) is 0 Å². The van der Waals surface area contributed by atoms with Crippen molar-refractivity contribution >= 4 is 17.4 Å². The third kappa shape index (κ3) is 4.35. The number of rotatable bonds is 6. The first-order valence-electron chi connectivity index (χ1n) is 6.52. The Balaban J connectivity index is 2.59. The van der Waals surface area contributed by atoms with Gasteiger partial charge in [0.05, 0.1) is 11.9 Å². The summed E-state index contributed by atoms with van der Waals surface area (Å²) in [6.07, 6.45) is 4.04. The van der Waals surface area contributed by atoms with E-state index in [4.69, 9.17) is 0 Å². The van der Waals surface area contributed by atoms with Crippen LogP contribution in [0.15, 0.2) is 18.3 Å². The summed E-state index contributed by atoms with van der Waals surface area (Å²) in [6.45, 7) is 6.92. The van der Waals surface area contributed by atoms with Crippen LogP contribution >= 0.6 is 0 Å². The molecule has 0 unspecified atom stereocenters. The Bertz CT molecular complexity index is 373. The van der Waals surface area contributed by atoms with E-state index >= 15 is 0 Å². The summed E-state index contributed by atoms with van der Waals surface area (Å²) >= 11 is 0. The lowest BCUT2D eigenvalue weighted by Crippen LogP contribution is -2.20. The van der Waals surface area contributed by atoms with E-state index in [0.717, 1.165) is 24.5 Å². The smallest absolute Gasteiger partial charge is 0.226 e. The summed E-state index contributed by atoms with van der Waals surface area (Å²) < 4.78 is 0. The molecule has 0 spiro atoms. The van der Waals surface area contributed by atoms with E-state index in [1.807, 2.05) is 33.0 Å². The van der Waals surface area contributed by atoms with Gasteiger partial charge in [0.25, 0.3) is 0 Å². The highest BCUT2D eigenvalue weighted by atomic mass is 16.1. The van der Waals surface area contributed by atoms with Gasteiger partial charge in [-0.25, -0.2) is 4.98 Å². The van der Waals surface area contributed by atoms with Crippen LogP contribution < -0.4 is 10.2 Å². The second-order valence-electron chi connectivity index (χ2n) is 4.82. The van der Waals surface area contributed by atoms with E-state index in [9.17, 15) is 4.79 Å². The van der Waals surface area contributed by atoms with Crippen molar-refractivity contribution in [2.24, 2.45) is 5.92 Å². The molecule has 0 radical (unpaired) electrons. The number of amides is 1. The van der Waals surface area contributed by atoms with Gasteiger partial charge in [-0.3, -0.25) is 4.79 Å². The quantitative estimate of drug-likeness (QED) is 0.843. The van der Waals surface area contributed by atoms with Gasteiger partial charge in [0.2, 0.25) is 5.91 Å². The predicted octanol–water partition coefficient (Wildman–Crippen LogP) is 2.91. The van der Waals surface area contributed by atoms with E-state index in [2.05, 4.69) is 22.1 Å². The van der Waals surface area contributed by atoms with Gasteiger partial charge in [-0.2, -0.15) is 0 Å². The normalized spacial score (nSPS) is 10.5. The average molecular weight is 249 g/mol. The topological polar surface area (TPSA) is 45.2 Å². The molecule has 1 rings (SSSR count). The molecule has 1 N–H and O–H groups in total. The summed E-state index contributed by atoms with van der Waals surface area (Å²) in [5.41, 5.74) is 0.751. The molecule has 0 fully saturated rings. The number of nitrogens with one attached hydrogen (secondary N) is 1. The number of hydrogen-bond donors (Lipinski definition) is 1. The maximum atomic E-state index is 11.5. The first kappa shape index (κ1) is 14.5. The molecule has 0 atom stereocenters. The lowest BCUT2D eigenvalue weighted by Gasteiger charge is -2.18. The van der Waals surface area contributed by atoms with Crippen molar-refractivity contribution < 1.29 is 4.79 Å². The Morgan fingerprint density at radius 1 is 1.44 bits per heavy atom. The number of hydrogen-bond acceptors (Lipinski definition) is 3. The Kier molecular flexibility index (Phi) is 5.62. The largest absolute Gasteiger partial charge is 0.360 e. The Morgan fingerprint density at radius 3 is 2.67 bits per heavy atom. The highest BCUT2D eigenvalue weighted by Gasteiger charge is 2.07. The molecule has 0 bridgehead atoms. The summed E-state index contributed by atoms with van der Waals surface area (Å²) in [7, 11) is 2.03. The predicted molar refractivity (Wildman–Crippen MR) is 75.9 cm³/mol. The summed E-state index contributed by atoms with van der Waals surface area (Å²) in [4.78, 5) is 18.0. The maximum Gasteiger partial charge on any atom is 0.226 e. The van der Waals surface area contributed by atoms with Crippen molar-refractivity contribution in [3.63, 3.8) is 0 Å². The molecule has 0 aliphatic heterocycles. The number of unbranched alkanes of at least 4 members (excludes halogenated alkanes) is 1. The number of anilines is 2. The fraction of sp³-hybridized carbons (Fsp3) is 0.571.